The lowest BCUT2D eigenvalue weighted by atomic mass is 9.88. The van der Waals surface area contributed by atoms with Gasteiger partial charge >= 0.3 is 0 Å². The molecule has 3 nitrogen and oxygen atoms in total. The smallest absolute Gasteiger partial charge is 0.191 e. The molecule has 26 heavy (non-hydrogen) atoms. The van der Waals surface area contributed by atoms with Crippen molar-refractivity contribution in [1.29, 1.82) is 0 Å². The SMILES string of the molecule is C/C(=N\NC(=S)Nc1ccccc1)C(c1ccccc1)c1ccccc1. The molecule has 0 radical (unpaired) electrons. The van der Waals surface area contributed by atoms with Crippen LogP contribution in [0.5, 0.6) is 0 Å². The molecule has 3 aromatic rings. The molecular weight excluding hydrogens is 338 g/mol. The fourth-order valence-corrected chi connectivity index (χ4v) is 3.01. The first-order chi connectivity index (χ1) is 12.7. The topological polar surface area (TPSA) is 36.4 Å². The number of benzene rings is 3. The second-order valence-electron chi connectivity index (χ2n) is 5.94. The predicted octanol–water partition coefficient (Wildman–Crippen LogP) is 5.18. The molecule has 0 aliphatic heterocycles. The van der Waals surface area contributed by atoms with E-state index in [1.807, 2.05) is 73.7 Å². The van der Waals surface area contributed by atoms with Crippen LogP contribution in [-0.4, -0.2) is 10.8 Å². The van der Waals surface area contributed by atoms with Crippen molar-refractivity contribution in [2.24, 2.45) is 5.10 Å². The van der Waals surface area contributed by atoms with Crippen molar-refractivity contribution >= 4 is 28.7 Å². The van der Waals surface area contributed by atoms with Gasteiger partial charge in [-0.1, -0.05) is 78.9 Å². The number of nitrogens with one attached hydrogen (secondary N) is 2. The summed E-state index contributed by atoms with van der Waals surface area (Å²) in [7, 11) is 0. The van der Waals surface area contributed by atoms with E-state index in [0.717, 1.165) is 11.4 Å². The Hall–Kier alpha value is -2.98. The number of thiocarbonyl (C=S) groups is 1. The minimum absolute atomic E-state index is 0.0735. The van der Waals surface area contributed by atoms with Gasteiger partial charge < -0.3 is 5.32 Å². The van der Waals surface area contributed by atoms with E-state index in [9.17, 15) is 0 Å². The lowest BCUT2D eigenvalue weighted by molar-refractivity contribution is 0.978. The van der Waals surface area contributed by atoms with Crippen molar-refractivity contribution in [3.8, 4) is 0 Å². The van der Waals surface area contributed by atoms with E-state index in [0.29, 0.717) is 5.11 Å². The summed E-state index contributed by atoms with van der Waals surface area (Å²) in [6.07, 6.45) is 0. The van der Waals surface area contributed by atoms with Crippen molar-refractivity contribution in [2.75, 3.05) is 5.32 Å². The molecule has 0 fully saturated rings. The van der Waals surface area contributed by atoms with Crippen LogP contribution in [0.25, 0.3) is 0 Å². The monoisotopic (exact) mass is 359 g/mol. The van der Waals surface area contributed by atoms with Gasteiger partial charge in [-0.15, -0.1) is 0 Å². The highest BCUT2D eigenvalue weighted by Gasteiger charge is 2.17. The first-order valence-corrected chi connectivity index (χ1v) is 8.91. The summed E-state index contributed by atoms with van der Waals surface area (Å²) in [5.41, 5.74) is 7.23. The molecule has 0 saturated heterocycles. The third kappa shape index (κ3) is 4.77. The summed E-state index contributed by atoms with van der Waals surface area (Å²) >= 11 is 5.35. The Morgan fingerprint density at radius 1 is 0.769 bits per heavy atom. The van der Waals surface area contributed by atoms with E-state index in [4.69, 9.17) is 12.2 Å². The summed E-state index contributed by atoms with van der Waals surface area (Å²) in [6, 6.07) is 30.5. The predicted molar refractivity (Wildman–Crippen MR) is 114 cm³/mol. The fourth-order valence-electron chi connectivity index (χ4n) is 2.85. The maximum atomic E-state index is 5.35. The number of rotatable bonds is 5. The maximum Gasteiger partial charge on any atom is 0.191 e. The molecule has 2 N–H and O–H groups in total. The van der Waals surface area contributed by atoms with Gasteiger partial charge in [-0.3, -0.25) is 5.43 Å². The highest BCUT2D eigenvalue weighted by Crippen LogP contribution is 2.26. The average Bonchev–Trinajstić information content (AvgIpc) is 2.69. The van der Waals surface area contributed by atoms with Crippen LogP contribution >= 0.6 is 12.2 Å². The third-order valence-electron chi connectivity index (χ3n) is 4.05. The summed E-state index contributed by atoms with van der Waals surface area (Å²) in [5, 5.41) is 8.13. The van der Waals surface area contributed by atoms with Crippen molar-refractivity contribution in [2.45, 2.75) is 12.8 Å². The standard InChI is InChI=1S/C22H21N3S/c1-17(24-25-22(26)23-20-15-9-4-10-16-20)21(18-11-5-2-6-12-18)19-13-7-3-8-14-19/h2-16,21H,1H3,(H2,23,25,26)/b24-17+. The number of hydrogen-bond donors (Lipinski definition) is 2. The first kappa shape index (κ1) is 17.8. The van der Waals surface area contributed by atoms with E-state index in [1.165, 1.54) is 11.1 Å². The number of para-hydroxylation sites is 1. The van der Waals surface area contributed by atoms with Crippen LogP contribution < -0.4 is 10.7 Å². The molecule has 0 unspecified atom stereocenters. The molecule has 0 heterocycles. The molecule has 0 aliphatic rings. The molecule has 0 atom stereocenters. The van der Waals surface area contributed by atoms with Gasteiger partial charge in [0.2, 0.25) is 0 Å². The Morgan fingerprint density at radius 3 is 1.73 bits per heavy atom. The summed E-state index contributed by atoms with van der Waals surface area (Å²) in [6.45, 7) is 2.02. The van der Waals surface area contributed by atoms with Gasteiger partial charge in [0.05, 0.1) is 0 Å². The second-order valence-corrected chi connectivity index (χ2v) is 6.35. The molecule has 0 bridgehead atoms. The molecule has 0 aromatic heterocycles. The zero-order chi connectivity index (χ0) is 18.2. The maximum absolute atomic E-state index is 5.35. The van der Waals surface area contributed by atoms with Gasteiger partial charge in [0.1, 0.15) is 0 Å². The van der Waals surface area contributed by atoms with Crippen LogP contribution in [0.15, 0.2) is 96.1 Å². The minimum Gasteiger partial charge on any atom is -0.331 e. The summed E-state index contributed by atoms with van der Waals surface area (Å²) in [5.74, 6) is 0.0735. The lowest BCUT2D eigenvalue weighted by Crippen LogP contribution is -2.26. The zero-order valence-corrected chi connectivity index (χ0v) is 15.4. The molecule has 0 spiro atoms. The molecule has 0 aliphatic carbocycles. The van der Waals surface area contributed by atoms with Gasteiger partial charge in [0, 0.05) is 17.3 Å². The Kier molecular flexibility index (Phi) is 6.12. The van der Waals surface area contributed by atoms with Gasteiger partial charge in [-0.25, -0.2) is 0 Å². The van der Waals surface area contributed by atoms with Crippen LogP contribution in [0.4, 0.5) is 5.69 Å². The molecule has 3 aromatic carbocycles. The average molecular weight is 359 g/mol. The van der Waals surface area contributed by atoms with Crippen LogP contribution in [-0.2, 0) is 0 Å². The molecule has 130 valence electrons. The minimum atomic E-state index is 0.0735. The Bertz CT molecular complexity index is 822. The summed E-state index contributed by atoms with van der Waals surface area (Å²) in [4.78, 5) is 0. The summed E-state index contributed by atoms with van der Waals surface area (Å²) < 4.78 is 0. The van der Waals surface area contributed by atoms with Crippen LogP contribution in [0.3, 0.4) is 0 Å². The van der Waals surface area contributed by atoms with Crippen molar-refractivity contribution < 1.29 is 0 Å². The van der Waals surface area contributed by atoms with Crippen molar-refractivity contribution in [3.63, 3.8) is 0 Å². The van der Waals surface area contributed by atoms with Gasteiger partial charge in [-0.2, -0.15) is 5.10 Å². The quantitative estimate of drug-likeness (QED) is 0.374. The van der Waals surface area contributed by atoms with Crippen molar-refractivity contribution in [3.05, 3.63) is 102 Å². The van der Waals surface area contributed by atoms with E-state index in [1.54, 1.807) is 0 Å². The highest BCUT2D eigenvalue weighted by atomic mass is 32.1. The molecule has 0 saturated carbocycles. The molecule has 4 heteroatoms. The Labute approximate surface area is 159 Å². The molecule has 0 amide bonds. The van der Waals surface area contributed by atoms with Gasteiger partial charge in [0.15, 0.2) is 5.11 Å². The number of anilines is 1. The first-order valence-electron chi connectivity index (χ1n) is 8.50. The van der Waals surface area contributed by atoms with Gasteiger partial charge in [-0.05, 0) is 42.4 Å². The number of hydrogen-bond acceptors (Lipinski definition) is 2. The molecular formula is C22H21N3S. The largest absolute Gasteiger partial charge is 0.331 e. The second kappa shape index (κ2) is 8.92. The zero-order valence-electron chi connectivity index (χ0n) is 14.6. The lowest BCUT2D eigenvalue weighted by Gasteiger charge is -2.18. The van der Waals surface area contributed by atoms with Crippen molar-refractivity contribution in [1.82, 2.24) is 5.43 Å². The van der Waals surface area contributed by atoms with E-state index in [-0.39, 0.29) is 5.92 Å². The Morgan fingerprint density at radius 2 is 1.23 bits per heavy atom. The number of nitrogens with zero attached hydrogens (tertiary/aromatic N) is 1. The molecule has 3 rings (SSSR count). The normalized spacial score (nSPS) is 11.2. The van der Waals surface area contributed by atoms with Crippen LogP contribution in [0.1, 0.15) is 24.0 Å². The van der Waals surface area contributed by atoms with E-state index in [2.05, 4.69) is 40.1 Å². The highest BCUT2D eigenvalue weighted by molar-refractivity contribution is 7.80. The van der Waals surface area contributed by atoms with Crippen LogP contribution in [0.2, 0.25) is 0 Å². The van der Waals surface area contributed by atoms with E-state index >= 15 is 0 Å². The number of hydrazone groups is 1. The third-order valence-corrected chi connectivity index (χ3v) is 4.24. The fraction of sp³-hybridized carbons (Fsp3) is 0.0909. The van der Waals surface area contributed by atoms with E-state index < -0.39 is 0 Å². The van der Waals surface area contributed by atoms with Crippen LogP contribution in [0, 0.1) is 0 Å². The Balaban J connectivity index is 1.78. The van der Waals surface area contributed by atoms with Gasteiger partial charge in [0.25, 0.3) is 0 Å².